The Hall–Kier alpha value is -1.06. The van der Waals surface area contributed by atoms with Crippen molar-refractivity contribution in [3.63, 3.8) is 0 Å². The lowest BCUT2D eigenvalue weighted by Crippen LogP contribution is -2.44. The molecule has 0 aliphatic rings. The van der Waals surface area contributed by atoms with E-state index in [4.69, 9.17) is 0 Å². The molecule has 1 unspecified atom stereocenters. The molecule has 0 spiro atoms. The zero-order valence-electron chi connectivity index (χ0n) is 13.1. The highest BCUT2D eigenvalue weighted by Gasteiger charge is 2.14. The van der Waals surface area contributed by atoms with Crippen molar-refractivity contribution in [3.05, 3.63) is 29.3 Å². The predicted molar refractivity (Wildman–Crippen MR) is 82.9 cm³/mol. The SMILES string of the molecule is Cc1ccc(N(C)CC(O)CNC(C)(C)C)c(C)c1. The summed E-state index contributed by atoms with van der Waals surface area (Å²) in [5.74, 6) is 0. The van der Waals surface area contributed by atoms with Gasteiger partial charge in [0.25, 0.3) is 0 Å². The third-order valence-electron chi connectivity index (χ3n) is 3.12. The predicted octanol–water partition coefficient (Wildman–Crippen LogP) is 2.49. The van der Waals surface area contributed by atoms with Crippen LogP contribution in [-0.4, -0.2) is 36.9 Å². The largest absolute Gasteiger partial charge is 0.390 e. The number of nitrogens with zero attached hydrogens (tertiary/aromatic N) is 1. The molecular weight excluding hydrogens is 236 g/mol. The summed E-state index contributed by atoms with van der Waals surface area (Å²) in [6.07, 6.45) is -0.370. The molecule has 2 N–H and O–H groups in total. The molecule has 1 aromatic rings. The quantitative estimate of drug-likeness (QED) is 0.857. The van der Waals surface area contributed by atoms with Crippen LogP contribution < -0.4 is 10.2 Å². The Labute approximate surface area is 117 Å². The first-order chi connectivity index (χ1) is 8.69. The molecular formula is C16H28N2O. The molecule has 3 heteroatoms. The van der Waals surface area contributed by atoms with Crippen LogP contribution in [0.1, 0.15) is 31.9 Å². The van der Waals surface area contributed by atoms with Crippen molar-refractivity contribution in [2.24, 2.45) is 0 Å². The van der Waals surface area contributed by atoms with Gasteiger partial charge in [-0.25, -0.2) is 0 Å². The Bertz CT molecular complexity index is 410. The third kappa shape index (κ3) is 5.62. The van der Waals surface area contributed by atoms with Crippen LogP contribution >= 0.6 is 0 Å². The molecule has 0 radical (unpaired) electrons. The van der Waals surface area contributed by atoms with E-state index in [9.17, 15) is 5.11 Å². The van der Waals surface area contributed by atoms with Gasteiger partial charge in [0.2, 0.25) is 0 Å². The molecule has 1 aromatic carbocycles. The first kappa shape index (κ1) is 16.0. The molecule has 0 aromatic heterocycles. The second-order valence-electron chi connectivity index (χ2n) is 6.46. The third-order valence-corrected chi connectivity index (χ3v) is 3.12. The van der Waals surface area contributed by atoms with E-state index in [1.54, 1.807) is 0 Å². The number of likely N-dealkylation sites (N-methyl/N-ethyl adjacent to an activating group) is 1. The van der Waals surface area contributed by atoms with Crippen LogP contribution in [-0.2, 0) is 0 Å². The van der Waals surface area contributed by atoms with Crippen molar-refractivity contribution in [3.8, 4) is 0 Å². The van der Waals surface area contributed by atoms with Crippen LogP contribution in [0.4, 0.5) is 5.69 Å². The molecule has 0 bridgehead atoms. The van der Waals surface area contributed by atoms with Crippen LogP contribution in [0.2, 0.25) is 0 Å². The maximum Gasteiger partial charge on any atom is 0.0839 e. The average molecular weight is 264 g/mol. The molecule has 0 heterocycles. The molecule has 0 amide bonds. The van der Waals surface area contributed by atoms with Crippen molar-refractivity contribution < 1.29 is 5.11 Å². The van der Waals surface area contributed by atoms with Crippen molar-refractivity contribution >= 4 is 5.69 Å². The molecule has 0 fully saturated rings. The summed E-state index contributed by atoms with van der Waals surface area (Å²) >= 11 is 0. The summed E-state index contributed by atoms with van der Waals surface area (Å²) in [5, 5.41) is 13.4. The van der Waals surface area contributed by atoms with E-state index in [2.05, 4.69) is 63.0 Å². The van der Waals surface area contributed by atoms with Gasteiger partial charge in [-0.05, 0) is 46.2 Å². The Kier molecular flexibility index (Phi) is 5.39. The molecule has 0 aliphatic heterocycles. The summed E-state index contributed by atoms with van der Waals surface area (Å²) in [6, 6.07) is 6.40. The molecule has 108 valence electrons. The monoisotopic (exact) mass is 264 g/mol. The van der Waals surface area contributed by atoms with Gasteiger partial charge in [-0.2, -0.15) is 0 Å². The number of benzene rings is 1. The maximum absolute atomic E-state index is 10.1. The van der Waals surface area contributed by atoms with E-state index in [1.165, 1.54) is 16.8 Å². The second-order valence-corrected chi connectivity index (χ2v) is 6.46. The van der Waals surface area contributed by atoms with E-state index in [-0.39, 0.29) is 11.6 Å². The minimum Gasteiger partial charge on any atom is -0.390 e. The Balaban J connectivity index is 2.56. The molecule has 0 aliphatic carbocycles. The zero-order valence-corrected chi connectivity index (χ0v) is 13.1. The van der Waals surface area contributed by atoms with Crippen LogP contribution in [0.15, 0.2) is 18.2 Å². The first-order valence-electron chi connectivity index (χ1n) is 6.90. The van der Waals surface area contributed by atoms with Gasteiger partial charge in [0.05, 0.1) is 6.10 Å². The number of aliphatic hydroxyl groups excluding tert-OH is 1. The minimum atomic E-state index is -0.370. The van der Waals surface area contributed by atoms with Crippen molar-refractivity contribution in [2.45, 2.75) is 46.3 Å². The lowest BCUT2D eigenvalue weighted by Gasteiger charge is -2.27. The highest BCUT2D eigenvalue weighted by atomic mass is 16.3. The number of aryl methyl sites for hydroxylation is 2. The number of hydrogen-bond acceptors (Lipinski definition) is 3. The van der Waals surface area contributed by atoms with Gasteiger partial charge in [-0.1, -0.05) is 17.7 Å². The van der Waals surface area contributed by atoms with Gasteiger partial charge in [0.1, 0.15) is 0 Å². The number of β-amino-alcohol motifs (C(OH)–C–C–N with tert-alkyl or cyclic N) is 1. The van der Waals surface area contributed by atoms with Crippen LogP contribution in [0.3, 0.4) is 0 Å². The molecule has 1 atom stereocenters. The van der Waals surface area contributed by atoms with Gasteiger partial charge in [0, 0.05) is 31.4 Å². The Morgan fingerprint density at radius 3 is 2.42 bits per heavy atom. The van der Waals surface area contributed by atoms with Gasteiger partial charge in [0.15, 0.2) is 0 Å². The highest BCUT2D eigenvalue weighted by Crippen LogP contribution is 2.20. The van der Waals surface area contributed by atoms with Gasteiger partial charge >= 0.3 is 0 Å². The summed E-state index contributed by atoms with van der Waals surface area (Å²) in [5.41, 5.74) is 3.74. The summed E-state index contributed by atoms with van der Waals surface area (Å²) < 4.78 is 0. The number of hydrogen-bond donors (Lipinski definition) is 2. The van der Waals surface area contributed by atoms with Crippen molar-refractivity contribution in [1.29, 1.82) is 0 Å². The smallest absolute Gasteiger partial charge is 0.0839 e. The number of nitrogens with one attached hydrogen (secondary N) is 1. The van der Waals surface area contributed by atoms with Crippen LogP contribution in [0.25, 0.3) is 0 Å². The number of aliphatic hydroxyl groups is 1. The van der Waals surface area contributed by atoms with E-state index < -0.39 is 0 Å². The van der Waals surface area contributed by atoms with Crippen LogP contribution in [0.5, 0.6) is 0 Å². The summed E-state index contributed by atoms with van der Waals surface area (Å²) in [4.78, 5) is 2.11. The van der Waals surface area contributed by atoms with Gasteiger partial charge in [-0.15, -0.1) is 0 Å². The Morgan fingerprint density at radius 2 is 1.89 bits per heavy atom. The topological polar surface area (TPSA) is 35.5 Å². The fourth-order valence-electron chi connectivity index (χ4n) is 2.14. The number of anilines is 1. The summed E-state index contributed by atoms with van der Waals surface area (Å²) in [7, 11) is 2.03. The first-order valence-corrected chi connectivity index (χ1v) is 6.90. The minimum absolute atomic E-state index is 0.0410. The summed E-state index contributed by atoms with van der Waals surface area (Å²) in [6.45, 7) is 11.8. The fourth-order valence-corrected chi connectivity index (χ4v) is 2.14. The van der Waals surface area contributed by atoms with Gasteiger partial charge in [-0.3, -0.25) is 0 Å². The van der Waals surface area contributed by atoms with E-state index in [1.807, 2.05) is 7.05 Å². The van der Waals surface area contributed by atoms with E-state index in [0.29, 0.717) is 13.1 Å². The molecule has 3 nitrogen and oxygen atoms in total. The van der Waals surface area contributed by atoms with E-state index in [0.717, 1.165) is 0 Å². The molecule has 19 heavy (non-hydrogen) atoms. The number of rotatable bonds is 5. The van der Waals surface area contributed by atoms with Crippen molar-refractivity contribution in [1.82, 2.24) is 5.32 Å². The Morgan fingerprint density at radius 1 is 1.26 bits per heavy atom. The fraction of sp³-hybridized carbons (Fsp3) is 0.625. The normalized spacial score (nSPS) is 13.4. The standard InChI is InChI=1S/C16H28N2O/c1-12-7-8-15(13(2)9-12)18(6)11-14(19)10-17-16(3,4)5/h7-9,14,17,19H,10-11H2,1-6H3. The molecule has 0 saturated carbocycles. The van der Waals surface area contributed by atoms with Crippen molar-refractivity contribution in [2.75, 3.05) is 25.0 Å². The zero-order chi connectivity index (χ0) is 14.6. The van der Waals surface area contributed by atoms with Crippen LogP contribution in [0, 0.1) is 13.8 Å². The second kappa shape index (κ2) is 6.40. The van der Waals surface area contributed by atoms with Gasteiger partial charge < -0.3 is 15.3 Å². The van der Waals surface area contributed by atoms with E-state index >= 15 is 0 Å². The molecule has 1 rings (SSSR count). The maximum atomic E-state index is 10.1. The lowest BCUT2D eigenvalue weighted by atomic mass is 10.1. The lowest BCUT2D eigenvalue weighted by molar-refractivity contribution is 0.167. The molecule has 0 saturated heterocycles. The highest BCUT2D eigenvalue weighted by molar-refractivity contribution is 5.53. The average Bonchev–Trinajstić information content (AvgIpc) is 2.25.